The Morgan fingerprint density at radius 2 is 1.67 bits per heavy atom. The predicted molar refractivity (Wildman–Crippen MR) is 124 cm³/mol. The standard InChI is InChI=1S/C25H40N2O3/c1-6-7-8-9-10-11-12-13-18-30-24(29)27-17-16-20-15-14-19(2)21(22(20)27)26-23(28)25(3,4)5/h14-15H,6-13,16-18H2,1-5H3,(H,26,28). The number of unbranched alkanes of at least 4 members (excludes halogenated alkanes) is 7. The van der Waals surface area contributed by atoms with Crippen LogP contribution in [-0.2, 0) is 16.0 Å². The molecule has 1 aliphatic rings. The Balaban J connectivity index is 1.90. The third-order valence-corrected chi connectivity index (χ3v) is 5.71. The molecule has 168 valence electrons. The van der Waals surface area contributed by atoms with Gasteiger partial charge in [-0.2, -0.15) is 0 Å². The second kappa shape index (κ2) is 11.4. The van der Waals surface area contributed by atoms with Gasteiger partial charge in [-0.3, -0.25) is 9.69 Å². The van der Waals surface area contributed by atoms with Gasteiger partial charge in [0.25, 0.3) is 0 Å². The predicted octanol–water partition coefficient (Wildman–Crippen LogP) is 6.62. The van der Waals surface area contributed by atoms with Crippen molar-refractivity contribution in [3.05, 3.63) is 23.3 Å². The van der Waals surface area contributed by atoms with Crippen molar-refractivity contribution in [2.24, 2.45) is 5.41 Å². The Morgan fingerprint density at radius 1 is 1.03 bits per heavy atom. The number of rotatable bonds is 10. The molecule has 5 heteroatoms. The number of ether oxygens (including phenoxy) is 1. The minimum absolute atomic E-state index is 0.0573. The summed E-state index contributed by atoms with van der Waals surface area (Å²) < 4.78 is 5.57. The highest BCUT2D eigenvalue weighted by atomic mass is 16.6. The quantitative estimate of drug-likeness (QED) is 0.436. The number of anilines is 2. The van der Waals surface area contributed by atoms with Crippen LogP contribution in [0.3, 0.4) is 0 Å². The summed E-state index contributed by atoms with van der Waals surface area (Å²) in [5, 5.41) is 3.05. The van der Waals surface area contributed by atoms with Crippen molar-refractivity contribution in [1.29, 1.82) is 0 Å². The number of carbonyl (C=O) groups is 2. The van der Waals surface area contributed by atoms with Crippen LogP contribution in [0.15, 0.2) is 12.1 Å². The van der Waals surface area contributed by atoms with Crippen molar-refractivity contribution in [2.45, 2.75) is 92.4 Å². The Labute approximate surface area is 182 Å². The summed E-state index contributed by atoms with van der Waals surface area (Å²) in [7, 11) is 0. The van der Waals surface area contributed by atoms with Crippen LogP contribution < -0.4 is 10.2 Å². The van der Waals surface area contributed by atoms with E-state index in [0.717, 1.165) is 41.8 Å². The molecule has 0 saturated heterocycles. The summed E-state index contributed by atoms with van der Waals surface area (Å²) in [4.78, 5) is 27.0. The fourth-order valence-corrected chi connectivity index (χ4v) is 3.70. The van der Waals surface area contributed by atoms with E-state index in [1.165, 1.54) is 38.5 Å². The van der Waals surface area contributed by atoms with Crippen LogP contribution in [0.2, 0.25) is 0 Å². The summed E-state index contributed by atoms with van der Waals surface area (Å²) in [5.74, 6) is -0.0573. The van der Waals surface area contributed by atoms with Crippen molar-refractivity contribution in [3.63, 3.8) is 0 Å². The molecule has 0 bridgehead atoms. The molecule has 1 heterocycles. The lowest BCUT2D eigenvalue weighted by atomic mass is 9.95. The molecule has 30 heavy (non-hydrogen) atoms. The first-order valence-electron chi connectivity index (χ1n) is 11.6. The SMILES string of the molecule is CCCCCCCCCCOC(=O)N1CCc2ccc(C)c(NC(=O)C(C)(C)C)c21. The first kappa shape index (κ1) is 24.2. The highest BCUT2D eigenvalue weighted by Gasteiger charge is 2.31. The molecule has 0 atom stereocenters. The minimum Gasteiger partial charge on any atom is -0.449 e. The first-order valence-corrected chi connectivity index (χ1v) is 11.6. The number of hydrogen-bond donors (Lipinski definition) is 1. The van der Waals surface area contributed by atoms with Crippen LogP contribution in [0, 0.1) is 12.3 Å². The zero-order valence-electron chi connectivity index (χ0n) is 19.6. The van der Waals surface area contributed by atoms with Gasteiger partial charge in [-0.15, -0.1) is 0 Å². The lowest BCUT2D eigenvalue weighted by Crippen LogP contribution is -2.32. The van der Waals surface area contributed by atoms with Crippen LogP contribution >= 0.6 is 0 Å². The van der Waals surface area contributed by atoms with E-state index < -0.39 is 5.41 Å². The number of carbonyl (C=O) groups excluding carboxylic acids is 2. The Kier molecular flexibility index (Phi) is 9.19. The fraction of sp³-hybridized carbons (Fsp3) is 0.680. The van der Waals surface area contributed by atoms with Crippen molar-refractivity contribution in [3.8, 4) is 0 Å². The second-order valence-corrected chi connectivity index (χ2v) is 9.46. The zero-order chi connectivity index (χ0) is 22.1. The molecule has 1 aliphatic heterocycles. The number of nitrogens with zero attached hydrogens (tertiary/aromatic N) is 1. The normalized spacial score (nSPS) is 13.3. The van der Waals surface area contributed by atoms with Crippen molar-refractivity contribution in [1.82, 2.24) is 0 Å². The Hall–Kier alpha value is -2.04. The Morgan fingerprint density at radius 3 is 2.30 bits per heavy atom. The molecular formula is C25H40N2O3. The molecular weight excluding hydrogens is 376 g/mol. The van der Waals surface area contributed by atoms with Crippen LogP contribution in [0.5, 0.6) is 0 Å². The summed E-state index contributed by atoms with van der Waals surface area (Å²) in [6, 6.07) is 4.05. The maximum absolute atomic E-state index is 12.8. The van der Waals surface area contributed by atoms with Gasteiger partial charge >= 0.3 is 6.09 Å². The van der Waals surface area contributed by atoms with Crippen molar-refractivity contribution in [2.75, 3.05) is 23.4 Å². The summed E-state index contributed by atoms with van der Waals surface area (Å²) in [6.07, 6.45) is 10.2. The first-order chi connectivity index (χ1) is 14.3. The van der Waals surface area contributed by atoms with Crippen molar-refractivity contribution < 1.29 is 14.3 Å². The van der Waals surface area contributed by atoms with E-state index in [2.05, 4.69) is 12.2 Å². The largest absolute Gasteiger partial charge is 0.449 e. The van der Waals surface area contributed by atoms with Gasteiger partial charge in [0.05, 0.1) is 18.0 Å². The number of hydrogen-bond acceptors (Lipinski definition) is 3. The van der Waals surface area contributed by atoms with Gasteiger partial charge < -0.3 is 10.1 Å². The Bertz CT molecular complexity index is 722. The number of fused-ring (bicyclic) bond motifs is 1. The number of amides is 2. The van der Waals surface area contributed by atoms with Gasteiger partial charge in [-0.25, -0.2) is 4.79 Å². The summed E-state index contributed by atoms with van der Waals surface area (Å²) in [6.45, 7) is 10.9. The number of aryl methyl sites for hydroxylation is 1. The van der Waals surface area contributed by atoms with Gasteiger partial charge in [-0.1, -0.05) is 84.8 Å². The molecule has 0 aliphatic carbocycles. The molecule has 2 rings (SSSR count). The summed E-state index contributed by atoms with van der Waals surface area (Å²) >= 11 is 0. The molecule has 0 unspecified atom stereocenters. The van der Waals surface area contributed by atoms with Gasteiger partial charge in [0, 0.05) is 12.0 Å². The molecule has 1 N–H and O–H groups in total. The molecule has 0 saturated carbocycles. The average molecular weight is 417 g/mol. The highest BCUT2D eigenvalue weighted by Crippen LogP contribution is 2.39. The lowest BCUT2D eigenvalue weighted by Gasteiger charge is -2.24. The molecule has 0 spiro atoms. The average Bonchev–Trinajstić information content (AvgIpc) is 3.12. The maximum Gasteiger partial charge on any atom is 0.414 e. The third kappa shape index (κ3) is 6.75. The van der Waals surface area contributed by atoms with E-state index in [4.69, 9.17) is 4.74 Å². The maximum atomic E-state index is 12.8. The molecule has 1 aromatic carbocycles. The number of benzene rings is 1. The molecule has 1 aromatic rings. The van der Waals surface area contributed by atoms with E-state index in [-0.39, 0.29) is 12.0 Å². The second-order valence-electron chi connectivity index (χ2n) is 9.46. The van der Waals surface area contributed by atoms with Gasteiger partial charge in [-0.05, 0) is 30.9 Å². The van der Waals surface area contributed by atoms with Gasteiger partial charge in [0.15, 0.2) is 0 Å². The number of nitrogens with one attached hydrogen (secondary N) is 1. The minimum atomic E-state index is -0.504. The molecule has 0 fully saturated rings. The van der Waals surface area contributed by atoms with E-state index in [1.807, 2.05) is 39.8 Å². The smallest absolute Gasteiger partial charge is 0.414 e. The monoisotopic (exact) mass is 416 g/mol. The lowest BCUT2D eigenvalue weighted by molar-refractivity contribution is -0.123. The fourth-order valence-electron chi connectivity index (χ4n) is 3.70. The highest BCUT2D eigenvalue weighted by molar-refractivity contribution is 6.03. The van der Waals surface area contributed by atoms with E-state index in [1.54, 1.807) is 4.90 Å². The van der Waals surface area contributed by atoms with Gasteiger partial charge in [0.2, 0.25) is 5.91 Å². The van der Waals surface area contributed by atoms with Crippen LogP contribution in [0.4, 0.5) is 16.2 Å². The molecule has 0 radical (unpaired) electrons. The van der Waals surface area contributed by atoms with Crippen LogP contribution in [0.25, 0.3) is 0 Å². The van der Waals surface area contributed by atoms with E-state index in [9.17, 15) is 9.59 Å². The zero-order valence-corrected chi connectivity index (χ0v) is 19.6. The van der Waals surface area contributed by atoms with Crippen molar-refractivity contribution >= 4 is 23.4 Å². The van der Waals surface area contributed by atoms with Gasteiger partial charge in [0.1, 0.15) is 0 Å². The summed E-state index contributed by atoms with van der Waals surface area (Å²) in [5.41, 5.74) is 3.06. The topological polar surface area (TPSA) is 58.6 Å². The molecule has 0 aromatic heterocycles. The van der Waals surface area contributed by atoms with E-state index in [0.29, 0.717) is 13.2 Å². The molecule has 2 amide bonds. The molecule has 5 nitrogen and oxygen atoms in total. The van der Waals surface area contributed by atoms with Crippen LogP contribution in [-0.4, -0.2) is 25.2 Å². The third-order valence-electron chi connectivity index (χ3n) is 5.71. The van der Waals surface area contributed by atoms with E-state index >= 15 is 0 Å². The van der Waals surface area contributed by atoms with Crippen LogP contribution in [0.1, 0.15) is 90.2 Å².